The van der Waals surface area contributed by atoms with Crippen LogP contribution in [0.2, 0.25) is 0 Å². The number of aryl methyl sites for hydroxylation is 2. The lowest BCUT2D eigenvalue weighted by Gasteiger charge is -2.36. The first-order valence-corrected chi connectivity index (χ1v) is 11.0. The highest BCUT2D eigenvalue weighted by atomic mass is 16.2. The number of nitrogens with one attached hydrogen (secondary N) is 1. The predicted octanol–water partition coefficient (Wildman–Crippen LogP) is 2.73. The number of hydrogen-bond acceptors (Lipinski definition) is 4. The van der Waals surface area contributed by atoms with E-state index in [1.54, 1.807) is 0 Å². The number of likely N-dealkylation sites (tertiary alicyclic amines) is 1. The Balaban J connectivity index is 1.52. The molecule has 3 amide bonds. The van der Waals surface area contributed by atoms with Gasteiger partial charge in [0, 0.05) is 17.3 Å². The van der Waals surface area contributed by atoms with Gasteiger partial charge in [-0.3, -0.25) is 24.2 Å². The molecule has 2 aromatic rings. The van der Waals surface area contributed by atoms with Gasteiger partial charge in [-0.2, -0.15) is 0 Å². The van der Waals surface area contributed by atoms with Crippen molar-refractivity contribution in [3.63, 3.8) is 0 Å². The number of imide groups is 1. The lowest BCUT2D eigenvalue weighted by molar-refractivity contribution is -0.146. The summed E-state index contributed by atoms with van der Waals surface area (Å²) < 4.78 is 0. The number of carbonyl (C=O) groups excluding carboxylic acids is 3. The van der Waals surface area contributed by atoms with Gasteiger partial charge in [0.15, 0.2) is 0 Å². The average molecular weight is 415 g/mol. The maximum atomic E-state index is 13.8. The van der Waals surface area contributed by atoms with Crippen LogP contribution in [0.3, 0.4) is 0 Å². The largest absolute Gasteiger partial charge is 0.324 e. The fourth-order valence-corrected chi connectivity index (χ4v) is 6.64. The molecule has 4 aliphatic heterocycles. The molecular weight excluding hydrogens is 390 g/mol. The van der Waals surface area contributed by atoms with Crippen LogP contribution in [0.25, 0.3) is 0 Å². The van der Waals surface area contributed by atoms with E-state index in [2.05, 4.69) is 16.3 Å². The Hall–Kier alpha value is -2.99. The number of hydrogen-bond donors (Lipinski definition) is 1. The van der Waals surface area contributed by atoms with E-state index in [9.17, 15) is 14.4 Å². The van der Waals surface area contributed by atoms with E-state index in [1.807, 2.05) is 50.2 Å². The third kappa shape index (κ3) is 2.23. The van der Waals surface area contributed by atoms with E-state index in [1.165, 1.54) is 4.90 Å². The SMILES string of the molecule is Cc1cc(C)c2c(c1)C1(C(=O)N2)C2C(=O)N(Cc3ccccc3)C(=O)C2C2CCCN21. The second-order valence-electron chi connectivity index (χ2n) is 9.38. The van der Waals surface area contributed by atoms with E-state index in [-0.39, 0.29) is 30.3 Å². The first-order chi connectivity index (χ1) is 14.9. The quantitative estimate of drug-likeness (QED) is 0.766. The summed E-state index contributed by atoms with van der Waals surface area (Å²) in [5.74, 6) is -1.63. The number of nitrogens with zero attached hydrogens (tertiary/aromatic N) is 2. The summed E-state index contributed by atoms with van der Waals surface area (Å²) in [6, 6.07) is 13.6. The zero-order valence-electron chi connectivity index (χ0n) is 17.7. The molecule has 6 rings (SSSR count). The number of carbonyl (C=O) groups is 3. The van der Waals surface area contributed by atoms with Gasteiger partial charge >= 0.3 is 0 Å². The maximum Gasteiger partial charge on any atom is 0.250 e. The monoisotopic (exact) mass is 415 g/mol. The van der Waals surface area contributed by atoms with Crippen LogP contribution in [0, 0.1) is 25.7 Å². The molecule has 0 aromatic heterocycles. The number of fused-ring (bicyclic) bond motifs is 7. The van der Waals surface area contributed by atoms with E-state index in [0.29, 0.717) is 0 Å². The first-order valence-electron chi connectivity index (χ1n) is 11.0. The highest BCUT2D eigenvalue weighted by molar-refractivity contribution is 6.15. The van der Waals surface area contributed by atoms with Crippen LogP contribution in [-0.4, -0.2) is 40.1 Å². The fraction of sp³-hybridized carbons (Fsp3) is 0.400. The third-order valence-electron chi connectivity index (χ3n) is 7.72. The van der Waals surface area contributed by atoms with Crippen LogP contribution in [0.1, 0.15) is 35.1 Å². The molecule has 6 nitrogen and oxygen atoms in total. The smallest absolute Gasteiger partial charge is 0.250 e. The van der Waals surface area contributed by atoms with Crippen LogP contribution in [-0.2, 0) is 26.5 Å². The van der Waals surface area contributed by atoms with Gasteiger partial charge < -0.3 is 5.32 Å². The zero-order valence-corrected chi connectivity index (χ0v) is 17.7. The average Bonchev–Trinajstić information content (AvgIpc) is 3.45. The molecule has 3 fully saturated rings. The van der Waals surface area contributed by atoms with Crippen molar-refractivity contribution in [2.45, 2.75) is 44.8 Å². The summed E-state index contributed by atoms with van der Waals surface area (Å²) in [7, 11) is 0. The molecule has 31 heavy (non-hydrogen) atoms. The first kappa shape index (κ1) is 18.8. The topological polar surface area (TPSA) is 69.7 Å². The Labute approximate surface area is 181 Å². The number of amides is 3. The number of anilines is 1. The highest BCUT2D eigenvalue weighted by Crippen LogP contribution is 2.60. The van der Waals surface area contributed by atoms with Crippen LogP contribution in [0.15, 0.2) is 42.5 Å². The molecule has 0 bridgehead atoms. The van der Waals surface area contributed by atoms with Gasteiger partial charge in [0.05, 0.1) is 18.4 Å². The summed E-state index contributed by atoms with van der Waals surface area (Å²) in [6.45, 7) is 5.00. The Morgan fingerprint density at radius 3 is 2.61 bits per heavy atom. The molecule has 0 radical (unpaired) electrons. The summed E-state index contributed by atoms with van der Waals surface area (Å²) in [5.41, 5.74) is 3.57. The van der Waals surface area contributed by atoms with Crippen molar-refractivity contribution >= 4 is 23.4 Å². The van der Waals surface area contributed by atoms with Gasteiger partial charge in [-0.1, -0.05) is 48.0 Å². The van der Waals surface area contributed by atoms with Crippen LogP contribution in [0.5, 0.6) is 0 Å². The van der Waals surface area contributed by atoms with Gasteiger partial charge in [0.1, 0.15) is 5.54 Å². The lowest BCUT2D eigenvalue weighted by Crippen LogP contribution is -2.54. The second-order valence-corrected chi connectivity index (χ2v) is 9.38. The van der Waals surface area contributed by atoms with Crippen molar-refractivity contribution in [1.29, 1.82) is 0 Å². The van der Waals surface area contributed by atoms with Crippen molar-refractivity contribution in [2.75, 3.05) is 11.9 Å². The minimum Gasteiger partial charge on any atom is -0.324 e. The second kappa shape index (κ2) is 6.26. The predicted molar refractivity (Wildman–Crippen MR) is 115 cm³/mol. The number of rotatable bonds is 2. The summed E-state index contributed by atoms with van der Waals surface area (Å²) in [5, 5.41) is 3.09. The van der Waals surface area contributed by atoms with Crippen molar-refractivity contribution in [3.8, 4) is 0 Å². The van der Waals surface area contributed by atoms with Gasteiger partial charge in [0.25, 0.3) is 0 Å². The fourth-order valence-electron chi connectivity index (χ4n) is 6.64. The van der Waals surface area contributed by atoms with Gasteiger partial charge in [-0.15, -0.1) is 0 Å². The van der Waals surface area contributed by atoms with Crippen molar-refractivity contribution < 1.29 is 14.4 Å². The summed E-state index contributed by atoms with van der Waals surface area (Å²) in [4.78, 5) is 44.7. The molecule has 4 atom stereocenters. The molecule has 0 aliphatic carbocycles. The molecule has 3 saturated heterocycles. The van der Waals surface area contributed by atoms with Gasteiger partial charge in [0.2, 0.25) is 17.7 Å². The Morgan fingerprint density at radius 2 is 1.84 bits per heavy atom. The molecule has 6 heteroatoms. The van der Waals surface area contributed by atoms with Crippen LogP contribution < -0.4 is 5.32 Å². The van der Waals surface area contributed by atoms with Gasteiger partial charge in [-0.25, -0.2) is 0 Å². The minimum atomic E-state index is -1.09. The van der Waals surface area contributed by atoms with Crippen molar-refractivity contribution in [2.24, 2.45) is 11.8 Å². The Morgan fingerprint density at radius 1 is 1.06 bits per heavy atom. The third-order valence-corrected chi connectivity index (χ3v) is 7.72. The van der Waals surface area contributed by atoms with E-state index >= 15 is 0 Å². The lowest BCUT2D eigenvalue weighted by atomic mass is 9.75. The van der Waals surface area contributed by atoms with Gasteiger partial charge in [-0.05, 0) is 44.4 Å². The highest BCUT2D eigenvalue weighted by Gasteiger charge is 2.74. The Kier molecular flexibility index (Phi) is 3.79. The van der Waals surface area contributed by atoms with E-state index in [4.69, 9.17) is 0 Å². The van der Waals surface area contributed by atoms with E-state index in [0.717, 1.165) is 47.3 Å². The molecule has 1 N–H and O–H groups in total. The normalized spacial score (nSPS) is 31.4. The molecule has 1 spiro atoms. The molecule has 2 aromatic carbocycles. The van der Waals surface area contributed by atoms with Crippen LogP contribution >= 0.6 is 0 Å². The summed E-state index contributed by atoms with van der Waals surface area (Å²) in [6.07, 6.45) is 1.78. The number of benzene rings is 2. The van der Waals surface area contributed by atoms with E-state index < -0.39 is 17.4 Å². The van der Waals surface area contributed by atoms with Crippen LogP contribution in [0.4, 0.5) is 5.69 Å². The molecule has 4 unspecified atom stereocenters. The van der Waals surface area contributed by atoms with Crippen molar-refractivity contribution in [1.82, 2.24) is 9.80 Å². The maximum absolute atomic E-state index is 13.8. The Bertz CT molecular complexity index is 1140. The summed E-state index contributed by atoms with van der Waals surface area (Å²) >= 11 is 0. The van der Waals surface area contributed by atoms with Crippen molar-refractivity contribution in [3.05, 3.63) is 64.7 Å². The molecule has 0 saturated carbocycles. The molecule has 158 valence electrons. The molecular formula is C25H25N3O3. The standard InChI is InChI=1S/C25H25N3O3/c1-14-11-15(2)21-17(12-14)25(24(31)26-21)20-19(18-9-6-10-28(18)25)22(29)27(23(20)30)13-16-7-4-3-5-8-16/h3-5,7-8,11-12,18-20H,6,9-10,13H2,1-2H3,(H,26,31). The zero-order chi connectivity index (χ0) is 21.5. The molecule has 4 aliphatic rings. The molecule has 4 heterocycles. The minimum absolute atomic E-state index is 0.0697.